The minimum Gasteiger partial charge on any atom is -0.397 e. The van der Waals surface area contributed by atoms with E-state index in [9.17, 15) is 4.79 Å². The summed E-state index contributed by atoms with van der Waals surface area (Å²) in [7, 11) is 0. The molecule has 20 heavy (non-hydrogen) atoms. The van der Waals surface area contributed by atoms with Crippen molar-refractivity contribution in [3.63, 3.8) is 0 Å². The molecule has 0 saturated heterocycles. The minimum absolute atomic E-state index is 0.0810. The van der Waals surface area contributed by atoms with Gasteiger partial charge in [0.1, 0.15) is 0 Å². The molecule has 0 spiro atoms. The van der Waals surface area contributed by atoms with E-state index >= 15 is 0 Å². The van der Waals surface area contributed by atoms with Crippen LogP contribution < -0.4 is 16.4 Å². The molecule has 1 saturated carbocycles. The molecule has 108 valence electrons. The Kier molecular flexibility index (Phi) is 3.32. The number of amides is 1. The molecule has 1 heterocycles. The van der Waals surface area contributed by atoms with Crippen molar-refractivity contribution in [1.82, 2.24) is 0 Å². The number of benzene rings is 1. The standard InChI is InChI=1S/C16H23N3O/c1-2-5-16(6-7-16)10-18-14-8-11-3-4-15(20)19-13(11)9-12(14)17/h8-9,18H,2-7,10,17H2,1H3,(H,19,20). The van der Waals surface area contributed by atoms with E-state index in [0.29, 0.717) is 11.8 Å². The summed E-state index contributed by atoms with van der Waals surface area (Å²) in [6.45, 7) is 3.26. The summed E-state index contributed by atoms with van der Waals surface area (Å²) in [6, 6.07) is 3.99. The zero-order valence-electron chi connectivity index (χ0n) is 12.1. The predicted octanol–water partition coefficient (Wildman–Crippen LogP) is 3.15. The van der Waals surface area contributed by atoms with E-state index in [1.807, 2.05) is 6.07 Å². The van der Waals surface area contributed by atoms with Crippen LogP contribution in [-0.2, 0) is 11.2 Å². The van der Waals surface area contributed by atoms with Crippen molar-refractivity contribution in [2.24, 2.45) is 5.41 Å². The maximum atomic E-state index is 11.4. The summed E-state index contributed by atoms with van der Waals surface area (Å²) in [5.41, 5.74) is 10.4. The monoisotopic (exact) mass is 273 g/mol. The van der Waals surface area contributed by atoms with E-state index in [4.69, 9.17) is 5.73 Å². The third kappa shape index (κ3) is 2.60. The Balaban J connectivity index is 1.72. The molecule has 1 aliphatic carbocycles. The van der Waals surface area contributed by atoms with Crippen molar-refractivity contribution in [1.29, 1.82) is 0 Å². The summed E-state index contributed by atoms with van der Waals surface area (Å²) in [4.78, 5) is 11.4. The fourth-order valence-corrected chi connectivity index (χ4v) is 3.10. The van der Waals surface area contributed by atoms with Gasteiger partial charge in [-0.3, -0.25) is 4.79 Å². The third-order valence-electron chi connectivity index (χ3n) is 4.56. The molecule has 1 fully saturated rings. The summed E-state index contributed by atoms with van der Waals surface area (Å²) in [5.74, 6) is 0.0810. The van der Waals surface area contributed by atoms with Crippen molar-refractivity contribution in [2.75, 3.05) is 22.9 Å². The van der Waals surface area contributed by atoms with Crippen LogP contribution in [0.5, 0.6) is 0 Å². The van der Waals surface area contributed by atoms with E-state index in [2.05, 4.69) is 23.6 Å². The number of hydrogen-bond acceptors (Lipinski definition) is 3. The quantitative estimate of drug-likeness (QED) is 0.722. The highest BCUT2D eigenvalue weighted by molar-refractivity contribution is 5.95. The van der Waals surface area contributed by atoms with E-state index in [0.717, 1.165) is 30.0 Å². The molecule has 0 aromatic heterocycles. The first-order chi connectivity index (χ1) is 9.62. The van der Waals surface area contributed by atoms with Crippen LogP contribution >= 0.6 is 0 Å². The first kappa shape index (κ1) is 13.3. The number of nitrogens with two attached hydrogens (primary N) is 1. The molecule has 0 unspecified atom stereocenters. The first-order valence-corrected chi connectivity index (χ1v) is 7.58. The van der Waals surface area contributed by atoms with Crippen LogP contribution in [0.3, 0.4) is 0 Å². The number of rotatable bonds is 5. The normalized spacial score (nSPS) is 19.1. The van der Waals surface area contributed by atoms with Crippen LogP contribution in [0.1, 0.15) is 44.6 Å². The zero-order valence-corrected chi connectivity index (χ0v) is 12.1. The Bertz CT molecular complexity index is 535. The van der Waals surface area contributed by atoms with E-state index in [-0.39, 0.29) is 5.91 Å². The molecule has 4 N–H and O–H groups in total. The van der Waals surface area contributed by atoms with Crippen LogP contribution in [0.2, 0.25) is 0 Å². The Labute approximate surface area is 120 Å². The molecular weight excluding hydrogens is 250 g/mol. The first-order valence-electron chi connectivity index (χ1n) is 7.58. The van der Waals surface area contributed by atoms with Crippen LogP contribution in [0.4, 0.5) is 17.1 Å². The lowest BCUT2D eigenvalue weighted by Gasteiger charge is -2.21. The average molecular weight is 273 g/mol. The van der Waals surface area contributed by atoms with Gasteiger partial charge in [-0.1, -0.05) is 13.3 Å². The molecule has 0 radical (unpaired) electrons. The summed E-state index contributed by atoms with van der Waals surface area (Å²) >= 11 is 0. The Morgan fingerprint density at radius 2 is 2.15 bits per heavy atom. The SMILES string of the molecule is CCCC1(CNc2cc3c(cc2N)NC(=O)CC3)CC1. The number of carbonyl (C=O) groups excluding carboxylic acids is 1. The van der Waals surface area contributed by atoms with Gasteiger partial charge in [-0.25, -0.2) is 0 Å². The van der Waals surface area contributed by atoms with Crippen LogP contribution in [0.15, 0.2) is 12.1 Å². The second-order valence-corrected chi connectivity index (χ2v) is 6.25. The van der Waals surface area contributed by atoms with Crippen LogP contribution in [0, 0.1) is 5.41 Å². The van der Waals surface area contributed by atoms with Crippen molar-refractivity contribution in [2.45, 2.75) is 45.4 Å². The molecule has 1 aromatic rings. The van der Waals surface area contributed by atoms with Gasteiger partial charge in [0.05, 0.1) is 11.4 Å². The number of hydrogen-bond donors (Lipinski definition) is 3. The minimum atomic E-state index is 0.0810. The van der Waals surface area contributed by atoms with Gasteiger partial charge >= 0.3 is 0 Å². The number of aryl methyl sites for hydroxylation is 1. The molecule has 0 bridgehead atoms. The second kappa shape index (κ2) is 5.00. The lowest BCUT2D eigenvalue weighted by molar-refractivity contribution is -0.116. The summed E-state index contributed by atoms with van der Waals surface area (Å²) in [6.07, 6.45) is 6.56. The van der Waals surface area contributed by atoms with Crippen molar-refractivity contribution < 1.29 is 4.79 Å². The van der Waals surface area contributed by atoms with E-state index < -0.39 is 0 Å². The van der Waals surface area contributed by atoms with Gasteiger partial charge in [0.15, 0.2) is 0 Å². The van der Waals surface area contributed by atoms with E-state index in [1.165, 1.54) is 31.2 Å². The molecule has 1 amide bonds. The van der Waals surface area contributed by atoms with Crippen LogP contribution in [-0.4, -0.2) is 12.5 Å². The largest absolute Gasteiger partial charge is 0.397 e. The Morgan fingerprint density at radius 3 is 2.85 bits per heavy atom. The lowest BCUT2D eigenvalue weighted by Crippen LogP contribution is -2.20. The maximum Gasteiger partial charge on any atom is 0.224 e. The van der Waals surface area contributed by atoms with Crippen molar-refractivity contribution in [3.8, 4) is 0 Å². The number of carbonyl (C=O) groups is 1. The van der Waals surface area contributed by atoms with Crippen LogP contribution in [0.25, 0.3) is 0 Å². The molecule has 4 heteroatoms. The maximum absolute atomic E-state index is 11.4. The third-order valence-corrected chi connectivity index (χ3v) is 4.56. The van der Waals surface area contributed by atoms with Crippen molar-refractivity contribution in [3.05, 3.63) is 17.7 Å². The Morgan fingerprint density at radius 1 is 1.35 bits per heavy atom. The summed E-state index contributed by atoms with van der Waals surface area (Å²) in [5, 5.41) is 6.41. The Hall–Kier alpha value is -1.71. The fraction of sp³-hybridized carbons (Fsp3) is 0.562. The fourth-order valence-electron chi connectivity index (χ4n) is 3.10. The van der Waals surface area contributed by atoms with Gasteiger partial charge in [0.25, 0.3) is 0 Å². The molecule has 4 nitrogen and oxygen atoms in total. The zero-order chi connectivity index (χ0) is 14.2. The number of fused-ring (bicyclic) bond motifs is 1. The molecule has 1 aliphatic heterocycles. The van der Waals surface area contributed by atoms with Crippen molar-refractivity contribution >= 4 is 23.0 Å². The van der Waals surface area contributed by atoms with Gasteiger partial charge in [-0.15, -0.1) is 0 Å². The highest BCUT2D eigenvalue weighted by atomic mass is 16.1. The topological polar surface area (TPSA) is 67.2 Å². The summed E-state index contributed by atoms with van der Waals surface area (Å²) < 4.78 is 0. The predicted molar refractivity (Wildman–Crippen MR) is 82.9 cm³/mol. The van der Waals surface area contributed by atoms with Gasteiger partial charge in [-0.2, -0.15) is 0 Å². The second-order valence-electron chi connectivity index (χ2n) is 6.25. The van der Waals surface area contributed by atoms with Gasteiger partial charge < -0.3 is 16.4 Å². The molecule has 0 atom stereocenters. The average Bonchev–Trinajstić information content (AvgIpc) is 3.17. The number of nitrogen functional groups attached to an aromatic ring is 1. The molecular formula is C16H23N3O. The lowest BCUT2D eigenvalue weighted by atomic mass is 9.99. The van der Waals surface area contributed by atoms with Gasteiger partial charge in [0, 0.05) is 18.7 Å². The van der Waals surface area contributed by atoms with Gasteiger partial charge in [0.2, 0.25) is 5.91 Å². The molecule has 1 aromatic carbocycles. The molecule has 2 aliphatic rings. The van der Waals surface area contributed by atoms with Gasteiger partial charge in [-0.05, 0) is 48.8 Å². The molecule has 3 rings (SSSR count). The highest BCUT2D eigenvalue weighted by Gasteiger charge is 2.41. The van der Waals surface area contributed by atoms with E-state index in [1.54, 1.807) is 0 Å². The number of nitrogens with one attached hydrogen (secondary N) is 2. The smallest absolute Gasteiger partial charge is 0.224 e. The number of anilines is 3. The highest BCUT2D eigenvalue weighted by Crippen LogP contribution is 2.49.